The molecule has 1 fully saturated rings. The first-order valence-electron chi connectivity index (χ1n) is 16.1. The molecule has 3 N–H and O–H groups in total. The van der Waals surface area contributed by atoms with Crippen molar-refractivity contribution in [1.29, 1.82) is 0 Å². The van der Waals surface area contributed by atoms with Crippen LogP contribution in [0.5, 0.6) is 5.75 Å². The second kappa shape index (κ2) is 15.4. The number of thioether (sulfide) groups is 1. The van der Waals surface area contributed by atoms with Crippen molar-refractivity contribution < 1.29 is 24.5 Å². The molecule has 4 aromatic carbocycles. The van der Waals surface area contributed by atoms with E-state index in [9.17, 15) is 15.0 Å². The zero-order valence-corrected chi connectivity index (χ0v) is 27.7. The number of aliphatic hydroxyl groups is 1. The molecule has 1 amide bonds. The zero-order chi connectivity index (χ0) is 34.3. The largest absolute Gasteiger partial charge is 0.508 e. The lowest BCUT2D eigenvalue weighted by Crippen LogP contribution is -2.31. The Labute approximate surface area is 292 Å². The van der Waals surface area contributed by atoms with Gasteiger partial charge in [0.25, 0.3) is 5.91 Å². The van der Waals surface area contributed by atoms with Gasteiger partial charge in [-0.3, -0.25) is 9.78 Å². The standard InChI is InChI=1S/C38H34N6O5S/c45-23-25-6-8-28(9-7-25)35-20-34(24-50-38-41-42-43-44(38)32-14-16-33(46)17-15-32)48-37(49-35)29-12-10-27(11-13-29)30-4-1-3-26(19-30)21-40-36(47)31-5-2-18-39-22-31/h1-19,22,34-35,37,45-46H,20-21,23-24H2,(H,40,47)/t34-,35+,37+/m1/s1. The summed E-state index contributed by atoms with van der Waals surface area (Å²) in [6.45, 7) is 0.368. The lowest BCUT2D eigenvalue weighted by atomic mass is 9.99. The van der Waals surface area contributed by atoms with Crippen LogP contribution >= 0.6 is 11.8 Å². The number of carbonyl (C=O) groups excluding carboxylic acids is 1. The number of carbonyl (C=O) groups is 1. The number of ether oxygens (including phenoxy) is 2. The Bertz CT molecular complexity index is 2020. The number of hydrogen-bond donors (Lipinski definition) is 3. The first-order valence-corrected chi connectivity index (χ1v) is 17.1. The molecule has 12 heteroatoms. The first kappa shape index (κ1) is 33.1. The normalized spacial score (nSPS) is 17.3. The number of rotatable bonds is 11. The Kier molecular flexibility index (Phi) is 10.2. The van der Waals surface area contributed by atoms with Crippen LogP contribution in [-0.2, 0) is 22.6 Å². The summed E-state index contributed by atoms with van der Waals surface area (Å²) in [5.41, 5.74) is 7.01. The minimum absolute atomic E-state index is 0.0259. The van der Waals surface area contributed by atoms with Gasteiger partial charge in [0, 0.05) is 36.7 Å². The predicted octanol–water partition coefficient (Wildman–Crippen LogP) is 6.19. The molecular formula is C38H34N6O5S. The fourth-order valence-electron chi connectivity index (χ4n) is 5.69. The van der Waals surface area contributed by atoms with Gasteiger partial charge >= 0.3 is 0 Å². The van der Waals surface area contributed by atoms with Crippen LogP contribution in [0.3, 0.4) is 0 Å². The Morgan fingerprint density at radius 1 is 0.880 bits per heavy atom. The van der Waals surface area contributed by atoms with Gasteiger partial charge in [-0.25, -0.2) is 0 Å². The van der Waals surface area contributed by atoms with Gasteiger partial charge in [-0.05, 0) is 80.7 Å². The fourth-order valence-corrected chi connectivity index (χ4v) is 6.60. The number of aromatic hydroxyl groups is 1. The number of amides is 1. The first-order chi connectivity index (χ1) is 24.5. The van der Waals surface area contributed by atoms with E-state index >= 15 is 0 Å². The third-order valence-electron chi connectivity index (χ3n) is 8.37. The number of phenolic OH excluding ortho intramolecular Hbond substituents is 1. The molecule has 50 heavy (non-hydrogen) atoms. The Morgan fingerprint density at radius 3 is 2.44 bits per heavy atom. The lowest BCUT2D eigenvalue weighted by molar-refractivity contribution is -0.245. The van der Waals surface area contributed by atoms with Gasteiger partial charge in [-0.15, -0.1) is 5.10 Å². The monoisotopic (exact) mass is 686 g/mol. The number of pyridine rings is 1. The number of aliphatic hydroxyl groups excluding tert-OH is 1. The molecule has 1 aliphatic heterocycles. The van der Waals surface area contributed by atoms with Gasteiger partial charge in [-0.2, -0.15) is 4.68 Å². The molecule has 7 rings (SSSR count). The summed E-state index contributed by atoms with van der Waals surface area (Å²) in [7, 11) is 0. The average molecular weight is 687 g/mol. The van der Waals surface area contributed by atoms with Crippen molar-refractivity contribution in [2.24, 2.45) is 0 Å². The van der Waals surface area contributed by atoms with E-state index in [1.165, 1.54) is 11.8 Å². The second-order valence-corrected chi connectivity index (χ2v) is 12.8. The number of tetrazole rings is 1. The Balaban J connectivity index is 1.06. The summed E-state index contributed by atoms with van der Waals surface area (Å²) in [6.07, 6.45) is 2.76. The van der Waals surface area contributed by atoms with Gasteiger partial charge in [0.1, 0.15) is 5.75 Å². The molecule has 3 heterocycles. The molecule has 0 saturated carbocycles. The SMILES string of the molecule is O=C(NCc1cccc(-c2ccc([C@H]3O[C@@H](CSc4nnnn4-c4ccc(O)cc4)C[C@@H](c4ccc(CO)cc4)O3)cc2)c1)c1cccnc1. The van der Waals surface area contributed by atoms with E-state index in [1.54, 1.807) is 53.5 Å². The van der Waals surface area contributed by atoms with Crippen molar-refractivity contribution in [1.82, 2.24) is 30.5 Å². The van der Waals surface area contributed by atoms with Gasteiger partial charge in [0.15, 0.2) is 6.29 Å². The molecule has 0 unspecified atom stereocenters. The summed E-state index contributed by atoms with van der Waals surface area (Å²) in [5.74, 6) is 0.571. The molecule has 1 aliphatic rings. The van der Waals surface area contributed by atoms with Crippen LogP contribution in [-0.4, -0.2) is 53.2 Å². The summed E-state index contributed by atoms with van der Waals surface area (Å²) in [4.78, 5) is 16.5. The zero-order valence-electron chi connectivity index (χ0n) is 26.9. The predicted molar refractivity (Wildman–Crippen MR) is 187 cm³/mol. The smallest absolute Gasteiger partial charge is 0.253 e. The van der Waals surface area contributed by atoms with E-state index in [-0.39, 0.29) is 30.5 Å². The molecule has 0 bridgehead atoms. The van der Waals surface area contributed by atoms with Crippen molar-refractivity contribution in [3.05, 3.63) is 149 Å². The van der Waals surface area contributed by atoms with Gasteiger partial charge in [0.2, 0.25) is 5.16 Å². The van der Waals surface area contributed by atoms with Crippen molar-refractivity contribution in [2.75, 3.05) is 5.75 Å². The molecule has 11 nitrogen and oxygen atoms in total. The number of nitrogens with zero attached hydrogens (tertiary/aromatic N) is 5. The maximum atomic E-state index is 12.5. The van der Waals surface area contributed by atoms with E-state index in [0.717, 1.165) is 39.1 Å². The fraction of sp³-hybridized carbons (Fsp3) is 0.184. The van der Waals surface area contributed by atoms with Crippen LogP contribution < -0.4 is 5.32 Å². The molecule has 6 aromatic rings. The molecule has 1 saturated heterocycles. The summed E-state index contributed by atoms with van der Waals surface area (Å²) >= 11 is 1.49. The van der Waals surface area contributed by atoms with Crippen LogP contribution in [0.4, 0.5) is 0 Å². The Morgan fingerprint density at radius 2 is 1.68 bits per heavy atom. The highest BCUT2D eigenvalue weighted by atomic mass is 32.2. The van der Waals surface area contributed by atoms with E-state index in [0.29, 0.717) is 29.4 Å². The second-order valence-electron chi connectivity index (χ2n) is 11.8. The quantitative estimate of drug-likeness (QED) is 0.135. The van der Waals surface area contributed by atoms with E-state index in [4.69, 9.17) is 9.47 Å². The van der Waals surface area contributed by atoms with Crippen LogP contribution in [0.15, 0.2) is 127 Å². The topological polar surface area (TPSA) is 145 Å². The minimum atomic E-state index is -0.618. The van der Waals surface area contributed by atoms with Gasteiger partial charge in [-0.1, -0.05) is 78.5 Å². The van der Waals surface area contributed by atoms with Crippen LogP contribution in [0.1, 0.15) is 51.4 Å². The molecule has 0 radical (unpaired) electrons. The molecule has 3 atom stereocenters. The molecular weight excluding hydrogens is 653 g/mol. The maximum Gasteiger partial charge on any atom is 0.253 e. The molecule has 2 aromatic heterocycles. The van der Waals surface area contributed by atoms with E-state index in [1.807, 2.05) is 66.7 Å². The highest BCUT2D eigenvalue weighted by molar-refractivity contribution is 7.99. The van der Waals surface area contributed by atoms with Crippen LogP contribution in [0.25, 0.3) is 16.8 Å². The maximum absolute atomic E-state index is 12.5. The average Bonchev–Trinajstić information content (AvgIpc) is 3.65. The number of aromatic nitrogens is 5. The van der Waals surface area contributed by atoms with Crippen molar-refractivity contribution >= 4 is 17.7 Å². The summed E-state index contributed by atoms with van der Waals surface area (Å²) < 4.78 is 14.7. The highest BCUT2D eigenvalue weighted by Gasteiger charge is 2.32. The lowest BCUT2D eigenvalue weighted by Gasteiger charge is -2.36. The van der Waals surface area contributed by atoms with Gasteiger partial charge in [0.05, 0.1) is 30.1 Å². The van der Waals surface area contributed by atoms with Crippen molar-refractivity contribution in [3.8, 4) is 22.6 Å². The number of phenols is 1. The third-order valence-corrected chi connectivity index (χ3v) is 9.42. The van der Waals surface area contributed by atoms with Crippen molar-refractivity contribution in [3.63, 3.8) is 0 Å². The third kappa shape index (κ3) is 7.90. The molecule has 252 valence electrons. The van der Waals surface area contributed by atoms with Crippen LogP contribution in [0, 0.1) is 0 Å². The summed E-state index contributed by atoms with van der Waals surface area (Å²) in [5, 5.41) is 35.0. The number of hydrogen-bond acceptors (Lipinski definition) is 10. The minimum Gasteiger partial charge on any atom is -0.508 e. The summed E-state index contributed by atoms with van der Waals surface area (Å²) in [6, 6.07) is 34.2. The van der Waals surface area contributed by atoms with E-state index in [2.05, 4.69) is 31.9 Å². The molecule has 0 spiro atoms. The number of benzene rings is 4. The van der Waals surface area contributed by atoms with E-state index < -0.39 is 6.29 Å². The molecule has 0 aliphatic carbocycles. The van der Waals surface area contributed by atoms with Gasteiger partial charge < -0.3 is 25.0 Å². The number of nitrogens with one attached hydrogen (secondary N) is 1. The highest BCUT2D eigenvalue weighted by Crippen LogP contribution is 2.40. The van der Waals surface area contributed by atoms with Crippen LogP contribution in [0.2, 0.25) is 0 Å². The van der Waals surface area contributed by atoms with Crippen molar-refractivity contribution in [2.45, 2.75) is 43.2 Å². The Hall–Kier alpha value is -5.40.